The molecule has 90 valence electrons. The maximum Gasteiger partial charge on any atom is 0.269 e. The molecule has 0 radical (unpaired) electrons. The lowest BCUT2D eigenvalue weighted by molar-refractivity contribution is 0.0949. The monoisotopic (exact) mass is 265 g/mol. The van der Waals surface area contributed by atoms with Gasteiger partial charge in [0.1, 0.15) is 5.69 Å². The van der Waals surface area contributed by atoms with E-state index in [1.165, 1.54) is 19.4 Å². The molecule has 0 aliphatic carbocycles. The summed E-state index contributed by atoms with van der Waals surface area (Å²) in [5.74, 6) is 0.136. The number of nitrogens with two attached hydrogens (primary N) is 1. The number of nitrogens with zero attached hydrogens (tertiary/aromatic N) is 1. The topological polar surface area (TPSA) is 77.2 Å². The second-order valence-electron chi connectivity index (χ2n) is 2.75. The van der Waals surface area contributed by atoms with Crippen molar-refractivity contribution in [1.29, 1.82) is 0 Å². The summed E-state index contributed by atoms with van der Waals surface area (Å²) in [6.45, 7) is 0.791. The van der Waals surface area contributed by atoms with E-state index in [1.54, 1.807) is 0 Å². The summed E-state index contributed by atoms with van der Waals surface area (Å²) >= 11 is 5.84. The smallest absolute Gasteiger partial charge is 0.269 e. The molecule has 16 heavy (non-hydrogen) atoms. The molecule has 1 aromatic heterocycles. The number of methoxy groups -OCH3 is 1. The van der Waals surface area contributed by atoms with Crippen LogP contribution in [0.15, 0.2) is 12.3 Å². The van der Waals surface area contributed by atoms with Gasteiger partial charge in [0.15, 0.2) is 5.75 Å². The molecule has 1 aromatic rings. The minimum Gasteiger partial charge on any atom is -0.494 e. The van der Waals surface area contributed by atoms with E-state index >= 15 is 0 Å². The van der Waals surface area contributed by atoms with Gasteiger partial charge in [-0.05, 0) is 6.07 Å². The second kappa shape index (κ2) is 7.27. The molecule has 0 spiro atoms. The predicted octanol–water partition coefficient (Wildman–Crippen LogP) is 0.854. The van der Waals surface area contributed by atoms with Gasteiger partial charge >= 0.3 is 0 Å². The predicted molar refractivity (Wildman–Crippen MR) is 64.4 cm³/mol. The molecule has 0 aliphatic heterocycles. The summed E-state index contributed by atoms with van der Waals surface area (Å²) < 4.78 is 4.91. The maximum atomic E-state index is 11.4. The van der Waals surface area contributed by atoms with Gasteiger partial charge in [-0.15, -0.1) is 12.4 Å². The van der Waals surface area contributed by atoms with Crippen molar-refractivity contribution < 1.29 is 9.53 Å². The first-order chi connectivity index (χ1) is 7.19. The largest absolute Gasteiger partial charge is 0.494 e. The Kier molecular flexibility index (Phi) is 6.80. The number of carbonyl (C=O) groups is 1. The molecule has 0 atom stereocenters. The fraction of sp³-hybridized carbons (Fsp3) is 0.333. The maximum absolute atomic E-state index is 11.4. The van der Waals surface area contributed by atoms with E-state index in [0.29, 0.717) is 23.9 Å². The number of aromatic nitrogens is 1. The molecule has 7 heteroatoms. The summed E-state index contributed by atoms with van der Waals surface area (Å²) in [4.78, 5) is 15.3. The Hall–Kier alpha value is -1.04. The molecular weight excluding hydrogens is 253 g/mol. The van der Waals surface area contributed by atoms with E-state index in [9.17, 15) is 4.79 Å². The molecule has 0 unspecified atom stereocenters. The Balaban J connectivity index is 0.00000225. The standard InChI is InChI=1S/C9H12ClN3O2.ClH/c1-15-8-5-13-7(4-6(8)10)9(14)12-3-2-11;/h4-5H,2-3,11H2,1H3,(H,12,14);1H. The fourth-order valence-corrected chi connectivity index (χ4v) is 1.20. The van der Waals surface area contributed by atoms with E-state index in [-0.39, 0.29) is 24.0 Å². The second-order valence-corrected chi connectivity index (χ2v) is 3.16. The highest BCUT2D eigenvalue weighted by molar-refractivity contribution is 6.32. The van der Waals surface area contributed by atoms with E-state index < -0.39 is 0 Å². The third-order valence-electron chi connectivity index (χ3n) is 1.70. The van der Waals surface area contributed by atoms with Gasteiger partial charge in [0.25, 0.3) is 5.91 Å². The van der Waals surface area contributed by atoms with Crippen molar-refractivity contribution in [3.63, 3.8) is 0 Å². The van der Waals surface area contributed by atoms with Crippen LogP contribution < -0.4 is 15.8 Å². The number of nitrogens with one attached hydrogen (secondary N) is 1. The van der Waals surface area contributed by atoms with Gasteiger partial charge in [0.05, 0.1) is 18.3 Å². The molecule has 0 fully saturated rings. The zero-order valence-corrected chi connectivity index (χ0v) is 10.3. The van der Waals surface area contributed by atoms with Crippen LogP contribution >= 0.6 is 24.0 Å². The van der Waals surface area contributed by atoms with Gasteiger partial charge in [-0.3, -0.25) is 4.79 Å². The molecule has 1 rings (SSSR count). The molecular formula is C9H13Cl2N3O2. The Morgan fingerprint density at radius 3 is 2.88 bits per heavy atom. The third kappa shape index (κ3) is 3.84. The SMILES string of the molecule is COc1cnc(C(=O)NCCN)cc1Cl.Cl. The van der Waals surface area contributed by atoms with Crippen LogP contribution in [0.5, 0.6) is 5.75 Å². The van der Waals surface area contributed by atoms with Crippen LogP contribution in [0.2, 0.25) is 5.02 Å². The first-order valence-electron chi connectivity index (χ1n) is 4.37. The van der Waals surface area contributed by atoms with E-state index in [1.807, 2.05) is 0 Å². The van der Waals surface area contributed by atoms with E-state index in [2.05, 4.69) is 10.3 Å². The normalized spacial score (nSPS) is 9.19. The van der Waals surface area contributed by atoms with Crippen molar-refractivity contribution in [2.75, 3.05) is 20.2 Å². The number of amides is 1. The number of pyridine rings is 1. The van der Waals surface area contributed by atoms with E-state index in [0.717, 1.165) is 0 Å². The minimum atomic E-state index is -0.301. The summed E-state index contributed by atoms with van der Waals surface area (Å²) in [7, 11) is 1.48. The highest BCUT2D eigenvalue weighted by atomic mass is 35.5. The lowest BCUT2D eigenvalue weighted by Gasteiger charge is -2.05. The lowest BCUT2D eigenvalue weighted by atomic mass is 10.3. The lowest BCUT2D eigenvalue weighted by Crippen LogP contribution is -2.29. The van der Waals surface area contributed by atoms with Crippen LogP contribution in [0.4, 0.5) is 0 Å². The van der Waals surface area contributed by atoms with Crippen molar-refractivity contribution in [3.8, 4) is 5.75 Å². The van der Waals surface area contributed by atoms with Gasteiger partial charge < -0.3 is 15.8 Å². The molecule has 0 aliphatic rings. The Morgan fingerprint density at radius 1 is 1.69 bits per heavy atom. The summed E-state index contributed by atoms with van der Waals surface area (Å²) in [5, 5.41) is 2.94. The molecule has 1 heterocycles. The zero-order chi connectivity index (χ0) is 11.3. The number of carbonyl (C=O) groups excluding carboxylic acids is 1. The first kappa shape index (κ1) is 15.0. The van der Waals surface area contributed by atoms with Crippen molar-refractivity contribution in [1.82, 2.24) is 10.3 Å². The Labute approximate surface area is 105 Å². The Bertz CT molecular complexity index is 361. The van der Waals surface area contributed by atoms with Crippen molar-refractivity contribution in [2.45, 2.75) is 0 Å². The molecule has 3 N–H and O–H groups in total. The summed E-state index contributed by atoms with van der Waals surface area (Å²) in [5.41, 5.74) is 5.49. The molecule has 0 saturated carbocycles. The van der Waals surface area contributed by atoms with Gasteiger partial charge in [-0.2, -0.15) is 0 Å². The van der Waals surface area contributed by atoms with Crippen LogP contribution in [0.25, 0.3) is 0 Å². The molecule has 0 bridgehead atoms. The number of ether oxygens (including phenoxy) is 1. The fourth-order valence-electron chi connectivity index (χ4n) is 0.969. The van der Waals surface area contributed by atoms with Crippen LogP contribution in [0, 0.1) is 0 Å². The highest BCUT2D eigenvalue weighted by Crippen LogP contribution is 2.22. The molecule has 0 saturated heterocycles. The van der Waals surface area contributed by atoms with Crippen LogP contribution in [-0.2, 0) is 0 Å². The van der Waals surface area contributed by atoms with E-state index in [4.69, 9.17) is 22.1 Å². The minimum absolute atomic E-state index is 0. The molecule has 0 aromatic carbocycles. The van der Waals surface area contributed by atoms with Gasteiger partial charge in [0.2, 0.25) is 0 Å². The number of rotatable bonds is 4. The zero-order valence-electron chi connectivity index (χ0n) is 8.70. The van der Waals surface area contributed by atoms with Crippen LogP contribution in [0.3, 0.4) is 0 Å². The number of hydrogen-bond donors (Lipinski definition) is 2. The average molecular weight is 266 g/mol. The average Bonchev–Trinajstić information content (AvgIpc) is 2.25. The van der Waals surface area contributed by atoms with Gasteiger partial charge in [-0.25, -0.2) is 4.98 Å². The van der Waals surface area contributed by atoms with Crippen LogP contribution in [-0.4, -0.2) is 31.1 Å². The van der Waals surface area contributed by atoms with Crippen molar-refractivity contribution >= 4 is 29.9 Å². The quantitative estimate of drug-likeness (QED) is 0.847. The number of hydrogen-bond acceptors (Lipinski definition) is 4. The highest BCUT2D eigenvalue weighted by Gasteiger charge is 2.09. The van der Waals surface area contributed by atoms with Gasteiger partial charge in [0, 0.05) is 13.1 Å². The first-order valence-corrected chi connectivity index (χ1v) is 4.74. The molecule has 1 amide bonds. The number of halogens is 2. The summed E-state index contributed by atoms with van der Waals surface area (Å²) in [6, 6.07) is 1.45. The van der Waals surface area contributed by atoms with Crippen LogP contribution in [0.1, 0.15) is 10.5 Å². The van der Waals surface area contributed by atoms with Gasteiger partial charge in [-0.1, -0.05) is 11.6 Å². The summed E-state index contributed by atoms with van der Waals surface area (Å²) in [6.07, 6.45) is 1.40. The third-order valence-corrected chi connectivity index (χ3v) is 2.00. The Morgan fingerprint density at radius 2 is 2.38 bits per heavy atom. The molecule has 5 nitrogen and oxygen atoms in total. The van der Waals surface area contributed by atoms with Crippen molar-refractivity contribution in [3.05, 3.63) is 23.0 Å². The van der Waals surface area contributed by atoms with Crippen molar-refractivity contribution in [2.24, 2.45) is 5.73 Å².